The molecule has 1 aromatic rings. The van der Waals surface area contributed by atoms with E-state index in [0.717, 1.165) is 4.90 Å². The fourth-order valence-electron chi connectivity index (χ4n) is 0.769. The first-order chi connectivity index (χ1) is 5.38. The summed E-state index contributed by atoms with van der Waals surface area (Å²) >= 11 is 1.34. The molecule has 0 aromatic carbocycles. The van der Waals surface area contributed by atoms with Crippen LogP contribution in [0.25, 0.3) is 6.08 Å². The molecule has 1 aliphatic heterocycles. The van der Waals surface area contributed by atoms with Gasteiger partial charge in [0.1, 0.15) is 10.1 Å². The van der Waals surface area contributed by atoms with Crippen LogP contribution in [0.3, 0.4) is 0 Å². The highest BCUT2D eigenvalue weighted by molar-refractivity contribution is 7.97. The van der Waals surface area contributed by atoms with Gasteiger partial charge in [-0.15, -0.1) is 4.85 Å². The Bertz CT molecular complexity index is 313. The van der Waals surface area contributed by atoms with Crippen molar-refractivity contribution in [1.29, 1.82) is 0 Å². The molecule has 0 aliphatic carbocycles. The molecule has 0 radical (unpaired) electrons. The maximum Gasteiger partial charge on any atom is 0.187 e. The van der Waals surface area contributed by atoms with Crippen LogP contribution in [0.4, 0.5) is 0 Å². The van der Waals surface area contributed by atoms with E-state index < -0.39 is 0 Å². The van der Waals surface area contributed by atoms with E-state index in [2.05, 4.69) is 15.0 Å². The molecule has 0 fully saturated rings. The van der Waals surface area contributed by atoms with E-state index in [-0.39, 0.29) is 0 Å². The van der Waals surface area contributed by atoms with Crippen LogP contribution < -0.4 is 9.57 Å². The molecule has 0 bridgehead atoms. The predicted octanol–water partition coefficient (Wildman–Crippen LogP) is -0.309. The van der Waals surface area contributed by atoms with Gasteiger partial charge in [0.15, 0.2) is 11.9 Å². The second-order valence-electron chi connectivity index (χ2n) is 1.91. The summed E-state index contributed by atoms with van der Waals surface area (Å²) < 4.78 is 2.88. The summed E-state index contributed by atoms with van der Waals surface area (Å²) in [4.78, 5) is 1.29. The zero-order chi connectivity index (χ0) is 7.68. The lowest BCUT2D eigenvalue weighted by Crippen LogP contribution is -2.37. The molecule has 0 unspecified atom stereocenters. The van der Waals surface area contributed by atoms with Crippen molar-refractivity contribution in [2.45, 2.75) is 4.90 Å². The highest BCUT2D eigenvalue weighted by Crippen LogP contribution is 2.19. The molecule has 1 N–H and O–H groups in total. The van der Waals surface area contributed by atoms with Crippen molar-refractivity contribution in [3.05, 3.63) is 23.3 Å². The Morgan fingerprint density at radius 1 is 1.64 bits per heavy atom. The smallest absolute Gasteiger partial charge is 0.187 e. The van der Waals surface area contributed by atoms with Crippen LogP contribution in [0.1, 0.15) is 5.69 Å². The first-order valence-electron chi connectivity index (χ1n) is 2.92. The molecule has 11 heavy (non-hydrogen) atoms. The first-order valence-corrected chi connectivity index (χ1v) is 3.74. The normalized spacial score (nSPS) is 13.8. The Morgan fingerprint density at radius 3 is 3.36 bits per heavy atom. The van der Waals surface area contributed by atoms with Gasteiger partial charge in [0.2, 0.25) is 0 Å². The number of hydrogen-bond donors (Lipinski definition) is 1. The number of fused-ring (bicyclic) bond motifs is 1. The van der Waals surface area contributed by atoms with Gasteiger partial charge in [-0.05, 0) is 11.9 Å². The average molecular weight is 168 g/mol. The molecule has 0 atom stereocenters. The number of nitrogens with zero attached hydrogens (tertiary/aromatic N) is 3. The molecule has 0 saturated carbocycles. The molecule has 2 rings (SSSR count). The second kappa shape index (κ2) is 2.39. The van der Waals surface area contributed by atoms with E-state index in [9.17, 15) is 5.21 Å². The van der Waals surface area contributed by atoms with Gasteiger partial charge in [-0.2, -0.15) is 0 Å². The van der Waals surface area contributed by atoms with Crippen molar-refractivity contribution < 1.29 is 4.85 Å². The summed E-state index contributed by atoms with van der Waals surface area (Å²) in [5.41, 5.74) is 0.531. The third kappa shape index (κ3) is 1.01. The molecule has 6 heteroatoms. The summed E-state index contributed by atoms with van der Waals surface area (Å²) in [5.74, 6) is 0. The molecule has 0 saturated heterocycles. The van der Waals surface area contributed by atoms with Crippen molar-refractivity contribution in [3.63, 3.8) is 0 Å². The first kappa shape index (κ1) is 6.41. The number of hydrogen-bond acceptors (Lipinski definition) is 5. The van der Waals surface area contributed by atoms with Gasteiger partial charge in [0.25, 0.3) is 0 Å². The Morgan fingerprint density at radius 2 is 2.55 bits per heavy atom. The zero-order valence-corrected chi connectivity index (χ0v) is 6.21. The molecule has 56 valence electrons. The molecule has 5 nitrogen and oxygen atoms in total. The highest BCUT2D eigenvalue weighted by Gasteiger charge is 2.12. The second-order valence-corrected chi connectivity index (χ2v) is 2.79. The fourth-order valence-corrected chi connectivity index (χ4v) is 1.38. The summed E-state index contributed by atoms with van der Waals surface area (Å²) in [6.07, 6.45) is 4.89. The van der Waals surface area contributed by atoms with Gasteiger partial charge in [-0.1, -0.05) is 0 Å². The van der Waals surface area contributed by atoms with Crippen LogP contribution in [-0.2, 0) is 0 Å². The van der Waals surface area contributed by atoms with E-state index in [1.54, 1.807) is 18.5 Å². The molecule has 2 heterocycles. The van der Waals surface area contributed by atoms with E-state index in [1.165, 1.54) is 11.9 Å². The van der Waals surface area contributed by atoms with E-state index in [0.29, 0.717) is 10.5 Å². The quantitative estimate of drug-likeness (QED) is 0.327. The Hall–Kier alpha value is -1.30. The lowest BCUT2D eigenvalue weighted by Gasteiger charge is -2.08. The van der Waals surface area contributed by atoms with Crippen LogP contribution in [0, 0.1) is 5.21 Å². The highest BCUT2D eigenvalue weighted by atomic mass is 32.2. The summed E-state index contributed by atoms with van der Waals surface area (Å²) in [6, 6.07) is 0. The SMILES string of the molecule is [O-][n+]1nncc2c1C=CNS2. The third-order valence-electron chi connectivity index (χ3n) is 1.24. The van der Waals surface area contributed by atoms with E-state index in [1.807, 2.05) is 0 Å². The minimum absolute atomic E-state index is 0.500. The minimum Gasteiger partial charge on any atom is -0.691 e. The number of aromatic nitrogens is 3. The van der Waals surface area contributed by atoms with Crippen LogP contribution in [0.5, 0.6) is 0 Å². The van der Waals surface area contributed by atoms with Crippen LogP contribution in [0.15, 0.2) is 17.3 Å². The predicted molar refractivity (Wildman–Crippen MR) is 39.0 cm³/mol. The molecule has 1 aliphatic rings. The third-order valence-corrected chi connectivity index (χ3v) is 2.03. The minimum atomic E-state index is 0.500. The standard InChI is InChI=1S/C5H4N4OS/c10-9-4-1-2-7-11-5(4)3-6-8-9/h1-3,7H. The Labute approximate surface area is 66.8 Å². The van der Waals surface area contributed by atoms with Crippen molar-refractivity contribution in [3.8, 4) is 0 Å². The molecule has 0 amide bonds. The van der Waals surface area contributed by atoms with Crippen molar-refractivity contribution in [1.82, 2.24) is 15.0 Å². The fraction of sp³-hybridized carbons (Fsp3) is 0. The number of nitrogens with one attached hydrogen (secondary N) is 1. The Balaban J connectivity index is 2.60. The molecular weight excluding hydrogens is 164 g/mol. The van der Waals surface area contributed by atoms with E-state index in [4.69, 9.17) is 0 Å². The monoisotopic (exact) mass is 168 g/mol. The molecule has 1 aromatic heterocycles. The van der Waals surface area contributed by atoms with Crippen LogP contribution in [-0.4, -0.2) is 10.3 Å². The maximum absolute atomic E-state index is 10.9. The van der Waals surface area contributed by atoms with Gasteiger partial charge >= 0.3 is 0 Å². The lowest BCUT2D eigenvalue weighted by molar-refractivity contribution is -0.679. The topological polar surface area (TPSA) is 64.8 Å². The largest absolute Gasteiger partial charge is 0.691 e. The lowest BCUT2D eigenvalue weighted by atomic mass is 10.4. The van der Waals surface area contributed by atoms with Crippen LogP contribution >= 0.6 is 11.9 Å². The zero-order valence-electron chi connectivity index (χ0n) is 5.39. The van der Waals surface area contributed by atoms with Gasteiger partial charge < -0.3 is 9.93 Å². The van der Waals surface area contributed by atoms with Gasteiger partial charge in [-0.3, -0.25) is 0 Å². The summed E-state index contributed by atoms with van der Waals surface area (Å²) in [7, 11) is 0. The summed E-state index contributed by atoms with van der Waals surface area (Å²) in [6.45, 7) is 0. The van der Waals surface area contributed by atoms with Crippen LogP contribution in [0.2, 0.25) is 0 Å². The Kier molecular flexibility index (Phi) is 1.39. The van der Waals surface area contributed by atoms with Gasteiger partial charge in [0.05, 0.1) is 5.10 Å². The van der Waals surface area contributed by atoms with Gasteiger partial charge in [-0.25, -0.2) is 0 Å². The van der Waals surface area contributed by atoms with Crippen molar-refractivity contribution >= 4 is 18.0 Å². The molecular formula is C5H4N4OS. The van der Waals surface area contributed by atoms with Crippen molar-refractivity contribution in [2.24, 2.45) is 0 Å². The average Bonchev–Trinajstić information content (AvgIpc) is 2.06. The number of rotatable bonds is 0. The van der Waals surface area contributed by atoms with Crippen molar-refractivity contribution in [2.75, 3.05) is 0 Å². The molecule has 0 spiro atoms. The maximum atomic E-state index is 10.9. The van der Waals surface area contributed by atoms with E-state index >= 15 is 0 Å². The summed E-state index contributed by atoms with van der Waals surface area (Å²) in [5, 5.41) is 17.7. The van der Waals surface area contributed by atoms with Gasteiger partial charge in [0, 0.05) is 12.3 Å².